The Morgan fingerprint density at radius 3 is 2.75 bits per heavy atom. The number of rotatable bonds is 3. The van der Waals surface area contributed by atoms with Gasteiger partial charge < -0.3 is 9.72 Å². The van der Waals surface area contributed by atoms with E-state index in [0.717, 1.165) is 11.3 Å². The third-order valence-electron chi connectivity index (χ3n) is 2.50. The number of aromatic nitrogens is 2. The van der Waals surface area contributed by atoms with E-state index in [1.807, 2.05) is 0 Å². The van der Waals surface area contributed by atoms with E-state index >= 15 is 0 Å². The lowest BCUT2D eigenvalue weighted by Crippen LogP contribution is -2.08. The molecule has 0 aliphatic heterocycles. The molecule has 2 rings (SSSR count). The Labute approximate surface area is 122 Å². The fraction of sp³-hybridized carbons (Fsp3) is 0.182. The van der Waals surface area contributed by atoms with Gasteiger partial charge in [0.25, 0.3) is 0 Å². The number of H-pyrrole nitrogens is 1. The molecule has 0 saturated heterocycles. The van der Waals surface area contributed by atoms with Crippen LogP contribution in [0, 0.1) is 21.7 Å². The number of ether oxygens (including phenoxy) is 1. The first-order valence-electron chi connectivity index (χ1n) is 5.38. The Balaban J connectivity index is 2.52. The van der Waals surface area contributed by atoms with Crippen LogP contribution in [0.2, 0.25) is 0 Å². The predicted molar refractivity (Wildman–Crippen MR) is 75.5 cm³/mol. The molecule has 0 amide bonds. The van der Waals surface area contributed by atoms with E-state index in [1.165, 1.54) is 13.2 Å². The predicted octanol–water partition coefficient (Wildman–Crippen LogP) is 2.87. The van der Waals surface area contributed by atoms with Gasteiger partial charge in [0.05, 0.1) is 16.9 Å². The number of nitrogens with zero attached hydrogens (tertiary/aromatic N) is 2. The number of aryl methyl sites for hydroxylation is 1. The summed E-state index contributed by atoms with van der Waals surface area (Å²) in [4.78, 5) is 29.3. The number of methoxy groups -OCH3 is 1. The maximum atomic E-state index is 11.6. The first kappa shape index (κ1) is 14.3. The lowest BCUT2D eigenvalue weighted by Gasteiger charge is -2.06. The number of esters is 1. The van der Waals surface area contributed by atoms with Crippen LogP contribution in [-0.4, -0.2) is 28.0 Å². The van der Waals surface area contributed by atoms with Crippen molar-refractivity contribution in [2.45, 2.75) is 6.92 Å². The minimum Gasteiger partial charge on any atom is -0.465 e. The van der Waals surface area contributed by atoms with E-state index in [1.54, 1.807) is 13.0 Å². The van der Waals surface area contributed by atoms with Crippen LogP contribution in [0.1, 0.15) is 16.1 Å². The summed E-state index contributed by atoms with van der Waals surface area (Å²) in [5.41, 5.74) is 0.695. The van der Waals surface area contributed by atoms with Crippen LogP contribution in [0.15, 0.2) is 12.1 Å². The highest BCUT2D eigenvalue weighted by molar-refractivity contribution is 7.71. The summed E-state index contributed by atoms with van der Waals surface area (Å²) in [5, 5.41) is 10.7. The van der Waals surface area contributed by atoms with Crippen molar-refractivity contribution in [1.82, 2.24) is 9.97 Å². The molecule has 0 unspecified atom stereocenters. The zero-order chi connectivity index (χ0) is 14.9. The molecule has 0 aromatic carbocycles. The minimum atomic E-state index is -0.569. The summed E-state index contributed by atoms with van der Waals surface area (Å²) >= 11 is 6.04. The van der Waals surface area contributed by atoms with Gasteiger partial charge in [-0.3, -0.25) is 10.1 Å². The molecule has 9 heteroatoms. The molecule has 2 heterocycles. The van der Waals surface area contributed by atoms with Gasteiger partial charge >= 0.3 is 11.0 Å². The standard InChI is InChI=1S/C11H9N3O4S2/c1-5-8(11(15)18-2)10(19)13-9(12-5)6-3-4-7(20-6)14(16)17/h3-4H,1-2H3,(H,12,13,19). The fourth-order valence-electron chi connectivity index (χ4n) is 1.60. The molecule has 0 spiro atoms. The van der Waals surface area contributed by atoms with Gasteiger partial charge in [0.2, 0.25) is 0 Å². The summed E-state index contributed by atoms with van der Waals surface area (Å²) < 4.78 is 4.72. The van der Waals surface area contributed by atoms with Crippen molar-refractivity contribution in [2.24, 2.45) is 0 Å². The normalized spacial score (nSPS) is 10.3. The molecule has 0 atom stereocenters. The van der Waals surface area contributed by atoms with Crippen molar-refractivity contribution in [3.63, 3.8) is 0 Å². The van der Waals surface area contributed by atoms with Gasteiger partial charge in [-0.2, -0.15) is 0 Å². The van der Waals surface area contributed by atoms with Gasteiger partial charge in [0.1, 0.15) is 16.0 Å². The molecule has 7 nitrogen and oxygen atoms in total. The van der Waals surface area contributed by atoms with Crippen LogP contribution in [0.4, 0.5) is 5.00 Å². The van der Waals surface area contributed by atoms with Gasteiger partial charge in [-0.25, -0.2) is 9.78 Å². The van der Waals surface area contributed by atoms with Crippen LogP contribution in [0.25, 0.3) is 10.7 Å². The molecular formula is C11H9N3O4S2. The summed E-state index contributed by atoms with van der Waals surface area (Å²) in [7, 11) is 1.26. The van der Waals surface area contributed by atoms with Gasteiger partial charge in [0, 0.05) is 11.8 Å². The second-order valence-corrected chi connectivity index (χ2v) is 5.23. The molecule has 0 fully saturated rings. The zero-order valence-corrected chi connectivity index (χ0v) is 12.1. The Morgan fingerprint density at radius 2 is 2.25 bits per heavy atom. The van der Waals surface area contributed by atoms with Gasteiger partial charge in [0.15, 0.2) is 0 Å². The fourth-order valence-corrected chi connectivity index (χ4v) is 2.69. The van der Waals surface area contributed by atoms with Crippen molar-refractivity contribution in [3.05, 3.63) is 38.1 Å². The van der Waals surface area contributed by atoms with Gasteiger partial charge in [-0.1, -0.05) is 23.6 Å². The Morgan fingerprint density at radius 1 is 1.55 bits per heavy atom. The lowest BCUT2D eigenvalue weighted by molar-refractivity contribution is -0.380. The quantitative estimate of drug-likeness (QED) is 0.405. The molecule has 104 valence electrons. The number of nitrogens with one attached hydrogen (secondary N) is 1. The molecule has 20 heavy (non-hydrogen) atoms. The van der Waals surface area contributed by atoms with Crippen molar-refractivity contribution < 1.29 is 14.5 Å². The van der Waals surface area contributed by atoms with Crippen molar-refractivity contribution in [2.75, 3.05) is 7.11 Å². The second-order valence-electron chi connectivity index (χ2n) is 3.78. The van der Waals surface area contributed by atoms with E-state index in [0.29, 0.717) is 16.4 Å². The van der Waals surface area contributed by atoms with Crippen LogP contribution < -0.4 is 0 Å². The van der Waals surface area contributed by atoms with E-state index < -0.39 is 10.9 Å². The highest BCUT2D eigenvalue weighted by Crippen LogP contribution is 2.31. The first-order valence-corrected chi connectivity index (χ1v) is 6.60. The van der Waals surface area contributed by atoms with Gasteiger partial charge in [-0.15, -0.1) is 0 Å². The molecule has 0 bridgehead atoms. The Kier molecular flexibility index (Phi) is 3.91. The number of hydrogen-bond acceptors (Lipinski definition) is 7. The third kappa shape index (κ3) is 2.58. The van der Waals surface area contributed by atoms with Crippen LogP contribution in [0.5, 0.6) is 0 Å². The average Bonchev–Trinajstić information content (AvgIpc) is 2.87. The van der Waals surface area contributed by atoms with Crippen molar-refractivity contribution in [1.29, 1.82) is 0 Å². The topological polar surface area (TPSA) is 98.1 Å². The van der Waals surface area contributed by atoms with E-state index in [2.05, 4.69) is 14.7 Å². The number of carbonyl (C=O) groups excluding carboxylic acids is 1. The molecular weight excluding hydrogens is 302 g/mol. The highest BCUT2D eigenvalue weighted by atomic mass is 32.1. The molecule has 0 radical (unpaired) electrons. The molecule has 0 aliphatic rings. The minimum absolute atomic E-state index is 0.0100. The van der Waals surface area contributed by atoms with Gasteiger partial charge in [-0.05, 0) is 13.0 Å². The van der Waals surface area contributed by atoms with Crippen LogP contribution in [-0.2, 0) is 4.74 Å². The summed E-state index contributed by atoms with van der Waals surface area (Å²) in [5.74, 6) is -0.182. The number of thiophene rings is 1. The molecule has 0 saturated carbocycles. The average molecular weight is 311 g/mol. The SMILES string of the molecule is COC(=O)c1c(C)[nH]c(-c2ccc([N+](=O)[O-])s2)nc1=S. The summed E-state index contributed by atoms with van der Waals surface area (Å²) in [6, 6.07) is 2.97. The number of nitro groups is 1. The summed E-state index contributed by atoms with van der Waals surface area (Å²) in [6.45, 7) is 1.66. The Bertz CT molecular complexity index is 750. The Hall–Kier alpha value is -2.13. The first-order chi connectivity index (χ1) is 9.43. The lowest BCUT2D eigenvalue weighted by atomic mass is 10.2. The maximum Gasteiger partial charge on any atom is 0.342 e. The highest BCUT2D eigenvalue weighted by Gasteiger charge is 2.17. The maximum absolute atomic E-state index is 11.6. The van der Waals surface area contributed by atoms with E-state index in [4.69, 9.17) is 12.2 Å². The monoisotopic (exact) mass is 311 g/mol. The molecule has 1 N–H and O–H groups in total. The summed E-state index contributed by atoms with van der Waals surface area (Å²) in [6.07, 6.45) is 0. The second kappa shape index (κ2) is 5.47. The smallest absolute Gasteiger partial charge is 0.342 e. The zero-order valence-electron chi connectivity index (χ0n) is 10.5. The van der Waals surface area contributed by atoms with Crippen LogP contribution >= 0.6 is 23.6 Å². The molecule has 2 aromatic heterocycles. The van der Waals surface area contributed by atoms with Crippen LogP contribution in [0.3, 0.4) is 0 Å². The number of carbonyl (C=O) groups is 1. The van der Waals surface area contributed by atoms with Crippen molar-refractivity contribution in [3.8, 4) is 10.7 Å². The van der Waals surface area contributed by atoms with Crippen molar-refractivity contribution >= 4 is 34.5 Å². The number of aromatic amines is 1. The molecule has 2 aromatic rings. The van der Waals surface area contributed by atoms with E-state index in [-0.39, 0.29) is 15.2 Å². The molecule has 0 aliphatic carbocycles. The number of hydrogen-bond donors (Lipinski definition) is 1. The van der Waals surface area contributed by atoms with E-state index in [9.17, 15) is 14.9 Å². The largest absolute Gasteiger partial charge is 0.465 e. The third-order valence-corrected chi connectivity index (χ3v) is 3.84.